The van der Waals surface area contributed by atoms with Gasteiger partial charge in [0.15, 0.2) is 0 Å². The van der Waals surface area contributed by atoms with Crippen molar-refractivity contribution in [3.63, 3.8) is 0 Å². The average Bonchev–Trinajstić information content (AvgIpc) is 2.44. The van der Waals surface area contributed by atoms with Gasteiger partial charge in [0.2, 0.25) is 0 Å². The summed E-state index contributed by atoms with van der Waals surface area (Å²) >= 11 is 0. The number of carbonyl (C=O) groups excluding carboxylic acids is 1. The molecule has 0 spiro atoms. The second kappa shape index (κ2) is 6.75. The van der Waals surface area contributed by atoms with E-state index in [1.165, 1.54) is 0 Å². The molecular formula is C16H24N2O2. The molecule has 2 N–H and O–H groups in total. The Morgan fingerprint density at radius 3 is 3.00 bits per heavy atom. The van der Waals surface area contributed by atoms with Gasteiger partial charge in [-0.1, -0.05) is 13.0 Å². The Bertz CT molecular complexity index is 474. The number of β-amino-alcohol motifs (C(OH)–C–C–N with tert-alkyl or cyclic N) is 1. The molecule has 1 aromatic carbocycles. The van der Waals surface area contributed by atoms with E-state index in [9.17, 15) is 9.90 Å². The molecule has 1 aliphatic rings. The minimum Gasteiger partial charge on any atom is -0.391 e. The second-order valence-electron chi connectivity index (χ2n) is 5.52. The number of nitrogens with zero attached hydrogens (tertiary/aromatic N) is 1. The van der Waals surface area contributed by atoms with Crippen LogP contribution in [-0.4, -0.2) is 41.7 Å². The summed E-state index contributed by atoms with van der Waals surface area (Å²) in [4.78, 5) is 14.4. The molecule has 1 heterocycles. The van der Waals surface area contributed by atoms with Crippen molar-refractivity contribution in [1.29, 1.82) is 0 Å². The molecule has 0 radical (unpaired) electrons. The van der Waals surface area contributed by atoms with Gasteiger partial charge in [-0.05, 0) is 43.9 Å². The highest BCUT2D eigenvalue weighted by Gasteiger charge is 2.24. The fourth-order valence-corrected chi connectivity index (χ4v) is 2.56. The zero-order chi connectivity index (χ0) is 14.5. The molecule has 0 aromatic heterocycles. The summed E-state index contributed by atoms with van der Waals surface area (Å²) in [6.07, 6.45) is 2.30. The maximum atomic E-state index is 12.6. The predicted octanol–water partition coefficient (Wildman–Crippen LogP) is 2.41. The van der Waals surface area contributed by atoms with Crippen molar-refractivity contribution in [1.82, 2.24) is 4.90 Å². The van der Waals surface area contributed by atoms with Crippen LogP contribution in [0.2, 0.25) is 0 Å². The molecule has 1 amide bonds. The van der Waals surface area contributed by atoms with Gasteiger partial charge in [-0.25, -0.2) is 0 Å². The molecule has 2 rings (SSSR count). The molecule has 0 aliphatic carbocycles. The molecule has 1 unspecified atom stereocenters. The van der Waals surface area contributed by atoms with Crippen molar-refractivity contribution >= 4 is 11.6 Å². The van der Waals surface area contributed by atoms with Gasteiger partial charge in [0.1, 0.15) is 0 Å². The normalized spacial score (nSPS) is 18.9. The molecule has 1 aromatic rings. The summed E-state index contributed by atoms with van der Waals surface area (Å²) in [5.41, 5.74) is 2.74. The van der Waals surface area contributed by atoms with E-state index in [-0.39, 0.29) is 12.0 Å². The Kier molecular flexibility index (Phi) is 5.01. The van der Waals surface area contributed by atoms with Gasteiger partial charge in [-0.15, -0.1) is 0 Å². The maximum absolute atomic E-state index is 12.6. The van der Waals surface area contributed by atoms with Gasteiger partial charge in [0, 0.05) is 25.3 Å². The lowest BCUT2D eigenvalue weighted by Gasteiger charge is -2.30. The van der Waals surface area contributed by atoms with E-state index in [2.05, 4.69) is 12.2 Å². The van der Waals surface area contributed by atoms with Gasteiger partial charge in [0.25, 0.3) is 5.91 Å². The van der Waals surface area contributed by atoms with Gasteiger partial charge in [0.05, 0.1) is 11.7 Å². The lowest BCUT2D eigenvalue weighted by atomic mass is 10.0. The van der Waals surface area contributed by atoms with Crippen LogP contribution in [0.5, 0.6) is 0 Å². The van der Waals surface area contributed by atoms with E-state index in [0.29, 0.717) is 12.1 Å². The number of amides is 1. The molecular weight excluding hydrogens is 252 g/mol. The smallest absolute Gasteiger partial charge is 0.256 e. The van der Waals surface area contributed by atoms with Crippen LogP contribution in [0.1, 0.15) is 42.1 Å². The largest absolute Gasteiger partial charge is 0.391 e. The highest BCUT2D eigenvalue weighted by Crippen LogP contribution is 2.21. The molecule has 4 heteroatoms. The van der Waals surface area contributed by atoms with Crippen LogP contribution in [0.25, 0.3) is 0 Å². The molecule has 4 nitrogen and oxygen atoms in total. The Labute approximate surface area is 120 Å². The third-order valence-electron chi connectivity index (χ3n) is 3.65. The third kappa shape index (κ3) is 3.51. The highest BCUT2D eigenvalue weighted by atomic mass is 16.3. The number of aliphatic hydroxyl groups is 1. The fourth-order valence-electron chi connectivity index (χ4n) is 2.56. The van der Waals surface area contributed by atoms with Crippen LogP contribution in [-0.2, 0) is 0 Å². The Morgan fingerprint density at radius 1 is 1.50 bits per heavy atom. The first-order chi connectivity index (χ1) is 9.61. The van der Waals surface area contributed by atoms with Crippen molar-refractivity contribution in [3.05, 3.63) is 29.3 Å². The fraction of sp³-hybridized carbons (Fsp3) is 0.562. The molecule has 1 aliphatic heterocycles. The Balaban J connectivity index is 2.19. The molecule has 0 bridgehead atoms. The zero-order valence-corrected chi connectivity index (χ0v) is 12.4. The van der Waals surface area contributed by atoms with E-state index in [1.807, 2.05) is 25.1 Å². The second-order valence-corrected chi connectivity index (χ2v) is 5.52. The van der Waals surface area contributed by atoms with Crippen LogP contribution in [0, 0.1) is 6.92 Å². The Morgan fingerprint density at radius 2 is 2.30 bits per heavy atom. The van der Waals surface area contributed by atoms with Crippen molar-refractivity contribution in [2.45, 2.75) is 39.2 Å². The Hall–Kier alpha value is -1.55. The first kappa shape index (κ1) is 14.9. The van der Waals surface area contributed by atoms with Gasteiger partial charge >= 0.3 is 0 Å². The minimum atomic E-state index is -0.384. The van der Waals surface area contributed by atoms with Crippen molar-refractivity contribution in [2.24, 2.45) is 0 Å². The van der Waals surface area contributed by atoms with Crippen LogP contribution in [0.3, 0.4) is 0 Å². The number of hydrogen-bond acceptors (Lipinski definition) is 3. The lowest BCUT2D eigenvalue weighted by molar-refractivity contribution is 0.0474. The summed E-state index contributed by atoms with van der Waals surface area (Å²) < 4.78 is 0. The average molecular weight is 276 g/mol. The monoisotopic (exact) mass is 276 g/mol. The van der Waals surface area contributed by atoms with Gasteiger partial charge in [-0.2, -0.15) is 0 Å². The quantitative estimate of drug-likeness (QED) is 0.888. The standard InChI is InChI=1S/C16H24N2O2/c1-3-8-17-15-10-12(2)6-7-14(15)16(20)18-9-4-5-13(19)11-18/h6-7,10,13,17,19H,3-5,8-9,11H2,1-2H3. The number of rotatable bonds is 4. The summed E-state index contributed by atoms with van der Waals surface area (Å²) in [6, 6.07) is 5.87. The number of hydrogen-bond donors (Lipinski definition) is 2. The number of anilines is 1. The lowest BCUT2D eigenvalue weighted by Crippen LogP contribution is -2.42. The number of likely N-dealkylation sites (tertiary alicyclic amines) is 1. The van der Waals surface area contributed by atoms with Gasteiger partial charge in [-0.3, -0.25) is 4.79 Å². The van der Waals surface area contributed by atoms with Crippen LogP contribution < -0.4 is 5.32 Å². The SMILES string of the molecule is CCCNc1cc(C)ccc1C(=O)N1CCCC(O)C1. The molecule has 0 saturated carbocycles. The van der Waals surface area contributed by atoms with E-state index < -0.39 is 0 Å². The van der Waals surface area contributed by atoms with E-state index >= 15 is 0 Å². The van der Waals surface area contributed by atoms with Crippen LogP contribution >= 0.6 is 0 Å². The number of carbonyl (C=O) groups is 1. The maximum Gasteiger partial charge on any atom is 0.256 e. The van der Waals surface area contributed by atoms with E-state index in [0.717, 1.165) is 43.6 Å². The minimum absolute atomic E-state index is 0.0161. The number of nitrogens with one attached hydrogen (secondary N) is 1. The molecule has 1 saturated heterocycles. The number of aliphatic hydroxyl groups excluding tert-OH is 1. The predicted molar refractivity (Wildman–Crippen MR) is 81.1 cm³/mol. The molecule has 1 fully saturated rings. The molecule has 20 heavy (non-hydrogen) atoms. The first-order valence-electron chi connectivity index (χ1n) is 7.43. The number of aryl methyl sites for hydroxylation is 1. The van der Waals surface area contributed by atoms with Crippen LogP contribution in [0.15, 0.2) is 18.2 Å². The van der Waals surface area contributed by atoms with Crippen LogP contribution in [0.4, 0.5) is 5.69 Å². The van der Waals surface area contributed by atoms with Crippen molar-refractivity contribution in [2.75, 3.05) is 25.0 Å². The van der Waals surface area contributed by atoms with E-state index in [4.69, 9.17) is 0 Å². The third-order valence-corrected chi connectivity index (χ3v) is 3.65. The number of benzene rings is 1. The van der Waals surface area contributed by atoms with Crippen molar-refractivity contribution in [3.8, 4) is 0 Å². The summed E-state index contributed by atoms with van der Waals surface area (Å²) in [6.45, 7) is 6.16. The first-order valence-corrected chi connectivity index (χ1v) is 7.43. The topological polar surface area (TPSA) is 52.6 Å². The molecule has 1 atom stereocenters. The zero-order valence-electron chi connectivity index (χ0n) is 12.4. The summed E-state index contributed by atoms with van der Waals surface area (Å²) in [7, 11) is 0. The van der Waals surface area contributed by atoms with E-state index in [1.54, 1.807) is 4.90 Å². The number of piperidine rings is 1. The van der Waals surface area contributed by atoms with Gasteiger partial charge < -0.3 is 15.3 Å². The van der Waals surface area contributed by atoms with Crippen molar-refractivity contribution < 1.29 is 9.90 Å². The molecule has 110 valence electrons. The highest BCUT2D eigenvalue weighted by molar-refractivity contribution is 5.99. The summed E-state index contributed by atoms with van der Waals surface area (Å²) in [5, 5.41) is 13.0. The summed E-state index contributed by atoms with van der Waals surface area (Å²) in [5.74, 6) is 0.0161.